The van der Waals surface area contributed by atoms with Crippen molar-refractivity contribution >= 4 is 11.8 Å². The van der Waals surface area contributed by atoms with Crippen LogP contribution in [0.1, 0.15) is 36.4 Å². The maximum atomic E-state index is 12.9. The van der Waals surface area contributed by atoms with Gasteiger partial charge >= 0.3 is 0 Å². The second-order valence-corrected chi connectivity index (χ2v) is 7.25. The molecule has 0 bridgehead atoms. The molecule has 2 unspecified atom stereocenters. The number of likely N-dealkylation sites (tertiary alicyclic amines) is 1. The Morgan fingerprint density at radius 3 is 2.54 bits per heavy atom. The van der Waals surface area contributed by atoms with Gasteiger partial charge in [-0.3, -0.25) is 9.59 Å². The lowest BCUT2D eigenvalue weighted by Gasteiger charge is -2.38. The molecular weight excluding hydrogens is 352 g/mol. The number of carbonyl (C=O) groups excluding carboxylic acids is 2. The van der Waals surface area contributed by atoms with Crippen molar-refractivity contribution in [3.8, 4) is 5.75 Å². The Hall–Kier alpha value is -2.82. The molecular formula is C23H28N2O3. The number of ether oxygens (including phenoxy) is 1. The van der Waals surface area contributed by atoms with Gasteiger partial charge in [0.1, 0.15) is 5.75 Å². The van der Waals surface area contributed by atoms with Gasteiger partial charge in [-0.15, -0.1) is 0 Å². The molecule has 0 aromatic heterocycles. The van der Waals surface area contributed by atoms with Gasteiger partial charge in [-0.1, -0.05) is 42.5 Å². The maximum absolute atomic E-state index is 12.9. The first-order valence-corrected chi connectivity index (χ1v) is 9.81. The van der Waals surface area contributed by atoms with Crippen LogP contribution in [0, 0.1) is 5.92 Å². The highest BCUT2D eigenvalue weighted by molar-refractivity contribution is 5.84. The summed E-state index contributed by atoms with van der Waals surface area (Å²) in [6, 6.07) is 17.6. The molecule has 1 saturated heterocycles. The Kier molecular flexibility index (Phi) is 6.69. The van der Waals surface area contributed by atoms with E-state index in [2.05, 4.69) is 17.4 Å². The van der Waals surface area contributed by atoms with Crippen LogP contribution in [0.15, 0.2) is 54.6 Å². The Balaban J connectivity index is 1.63. The minimum Gasteiger partial charge on any atom is -0.497 e. The zero-order chi connectivity index (χ0) is 19.9. The van der Waals surface area contributed by atoms with E-state index in [4.69, 9.17) is 4.74 Å². The van der Waals surface area contributed by atoms with E-state index in [1.165, 1.54) is 5.56 Å². The minimum absolute atomic E-state index is 0.0215. The summed E-state index contributed by atoms with van der Waals surface area (Å²) >= 11 is 0. The molecule has 0 saturated carbocycles. The van der Waals surface area contributed by atoms with Crippen LogP contribution in [-0.4, -0.2) is 37.4 Å². The smallest absolute Gasteiger partial charge is 0.225 e. The number of aryl methyl sites for hydroxylation is 1. The fourth-order valence-electron chi connectivity index (χ4n) is 3.85. The van der Waals surface area contributed by atoms with Crippen LogP contribution in [0.5, 0.6) is 5.75 Å². The van der Waals surface area contributed by atoms with Gasteiger partial charge < -0.3 is 15.0 Å². The highest BCUT2D eigenvalue weighted by Gasteiger charge is 2.38. The van der Waals surface area contributed by atoms with Crippen molar-refractivity contribution in [3.05, 3.63) is 65.7 Å². The molecule has 0 spiro atoms. The summed E-state index contributed by atoms with van der Waals surface area (Å²) < 4.78 is 5.22. The van der Waals surface area contributed by atoms with E-state index < -0.39 is 0 Å². The van der Waals surface area contributed by atoms with Gasteiger partial charge in [0.2, 0.25) is 11.8 Å². The van der Waals surface area contributed by atoms with Crippen LogP contribution in [0.4, 0.5) is 0 Å². The maximum Gasteiger partial charge on any atom is 0.225 e. The molecule has 0 aliphatic carbocycles. The molecule has 2 amide bonds. The van der Waals surface area contributed by atoms with Crippen LogP contribution >= 0.6 is 0 Å². The summed E-state index contributed by atoms with van der Waals surface area (Å²) in [4.78, 5) is 26.9. The minimum atomic E-state index is -0.249. The third kappa shape index (κ3) is 4.71. The average Bonchev–Trinajstić information content (AvgIpc) is 2.74. The normalized spacial score (nSPS) is 19.4. The van der Waals surface area contributed by atoms with E-state index in [-0.39, 0.29) is 23.8 Å². The third-order valence-corrected chi connectivity index (χ3v) is 5.44. The SMILES string of the molecule is COc1ccc(C2C(C(=O)NCCCc3ccccc3)CCC(=O)N2C)cc1. The highest BCUT2D eigenvalue weighted by atomic mass is 16.5. The Labute approximate surface area is 166 Å². The molecule has 148 valence electrons. The Bertz CT molecular complexity index is 789. The van der Waals surface area contributed by atoms with Crippen LogP contribution in [0.2, 0.25) is 0 Å². The summed E-state index contributed by atoms with van der Waals surface area (Å²) in [5, 5.41) is 3.08. The number of hydrogen-bond donors (Lipinski definition) is 1. The molecule has 2 aromatic rings. The van der Waals surface area contributed by atoms with Crippen LogP contribution < -0.4 is 10.1 Å². The molecule has 2 atom stereocenters. The first-order chi connectivity index (χ1) is 13.6. The number of benzene rings is 2. The quantitative estimate of drug-likeness (QED) is 0.750. The molecule has 5 nitrogen and oxygen atoms in total. The Morgan fingerprint density at radius 1 is 1.14 bits per heavy atom. The van der Waals surface area contributed by atoms with Gasteiger partial charge in [-0.2, -0.15) is 0 Å². The van der Waals surface area contributed by atoms with Crippen LogP contribution in [0.25, 0.3) is 0 Å². The largest absolute Gasteiger partial charge is 0.497 e. The summed E-state index contributed by atoms with van der Waals surface area (Å²) in [6.07, 6.45) is 2.81. The van der Waals surface area contributed by atoms with E-state index in [9.17, 15) is 9.59 Å². The van der Waals surface area contributed by atoms with E-state index in [1.807, 2.05) is 42.5 Å². The van der Waals surface area contributed by atoms with Crippen molar-refractivity contribution in [2.75, 3.05) is 20.7 Å². The summed E-state index contributed by atoms with van der Waals surface area (Å²) in [7, 11) is 3.41. The first kappa shape index (κ1) is 19.9. The number of amides is 2. The number of nitrogens with one attached hydrogen (secondary N) is 1. The molecule has 1 N–H and O–H groups in total. The van der Waals surface area contributed by atoms with E-state index in [0.717, 1.165) is 24.2 Å². The number of piperidine rings is 1. The van der Waals surface area contributed by atoms with Gasteiger partial charge in [0.05, 0.1) is 19.1 Å². The van der Waals surface area contributed by atoms with E-state index >= 15 is 0 Å². The molecule has 5 heteroatoms. The average molecular weight is 380 g/mol. The van der Waals surface area contributed by atoms with Gasteiger partial charge in [-0.05, 0) is 42.5 Å². The van der Waals surface area contributed by atoms with E-state index in [1.54, 1.807) is 19.1 Å². The molecule has 0 radical (unpaired) electrons. The standard InChI is InChI=1S/C23H28N2O3/c1-25-21(26)15-14-20(22(25)18-10-12-19(28-2)13-11-18)23(27)24-16-6-9-17-7-4-3-5-8-17/h3-5,7-8,10-13,20,22H,6,9,14-16H2,1-2H3,(H,24,27). The molecule has 28 heavy (non-hydrogen) atoms. The predicted octanol–water partition coefficient (Wildman–Crippen LogP) is 3.35. The molecule has 1 heterocycles. The molecule has 1 aliphatic rings. The summed E-state index contributed by atoms with van der Waals surface area (Å²) in [5.41, 5.74) is 2.23. The number of nitrogens with zero attached hydrogens (tertiary/aromatic N) is 1. The zero-order valence-corrected chi connectivity index (χ0v) is 16.6. The van der Waals surface area contributed by atoms with Crippen molar-refractivity contribution in [1.29, 1.82) is 0 Å². The monoisotopic (exact) mass is 380 g/mol. The van der Waals surface area contributed by atoms with Gasteiger partial charge in [0.15, 0.2) is 0 Å². The lowest BCUT2D eigenvalue weighted by molar-refractivity contribution is -0.141. The lowest BCUT2D eigenvalue weighted by Crippen LogP contribution is -2.46. The van der Waals surface area contributed by atoms with Crippen molar-refractivity contribution in [2.45, 2.75) is 31.7 Å². The third-order valence-electron chi connectivity index (χ3n) is 5.44. The van der Waals surface area contributed by atoms with Crippen molar-refractivity contribution in [2.24, 2.45) is 5.92 Å². The molecule has 1 fully saturated rings. The fourth-order valence-corrected chi connectivity index (χ4v) is 3.85. The predicted molar refractivity (Wildman–Crippen MR) is 109 cm³/mol. The molecule has 3 rings (SSSR count). The van der Waals surface area contributed by atoms with Gasteiger partial charge in [0, 0.05) is 20.0 Å². The number of hydrogen-bond acceptors (Lipinski definition) is 3. The number of methoxy groups -OCH3 is 1. The number of rotatable bonds is 7. The second kappa shape index (κ2) is 9.40. The summed E-state index contributed by atoms with van der Waals surface area (Å²) in [6.45, 7) is 0.636. The first-order valence-electron chi connectivity index (χ1n) is 9.81. The van der Waals surface area contributed by atoms with Crippen LogP contribution in [-0.2, 0) is 16.0 Å². The van der Waals surface area contributed by atoms with Crippen LogP contribution in [0.3, 0.4) is 0 Å². The lowest BCUT2D eigenvalue weighted by atomic mass is 9.84. The highest BCUT2D eigenvalue weighted by Crippen LogP contribution is 2.36. The second-order valence-electron chi connectivity index (χ2n) is 7.25. The van der Waals surface area contributed by atoms with Crippen molar-refractivity contribution in [3.63, 3.8) is 0 Å². The van der Waals surface area contributed by atoms with E-state index in [0.29, 0.717) is 19.4 Å². The summed E-state index contributed by atoms with van der Waals surface area (Å²) in [5.74, 6) is 0.616. The number of carbonyl (C=O) groups is 2. The Morgan fingerprint density at radius 2 is 1.86 bits per heavy atom. The fraction of sp³-hybridized carbons (Fsp3) is 0.391. The molecule has 2 aromatic carbocycles. The van der Waals surface area contributed by atoms with Crippen molar-refractivity contribution in [1.82, 2.24) is 10.2 Å². The van der Waals surface area contributed by atoms with Crippen molar-refractivity contribution < 1.29 is 14.3 Å². The van der Waals surface area contributed by atoms with Gasteiger partial charge in [0.25, 0.3) is 0 Å². The topological polar surface area (TPSA) is 58.6 Å². The molecule has 1 aliphatic heterocycles. The van der Waals surface area contributed by atoms with Gasteiger partial charge in [-0.25, -0.2) is 0 Å². The zero-order valence-electron chi connectivity index (χ0n) is 16.6.